The van der Waals surface area contributed by atoms with E-state index in [1.54, 1.807) is 0 Å². The third kappa shape index (κ3) is 3.72. The van der Waals surface area contributed by atoms with Gasteiger partial charge in [0, 0.05) is 28.1 Å². The monoisotopic (exact) mass is 396 g/mol. The first-order valence-corrected chi connectivity index (χ1v) is 8.45. The summed E-state index contributed by atoms with van der Waals surface area (Å²) < 4.78 is 3.29. The fourth-order valence-electron chi connectivity index (χ4n) is 3.19. The highest BCUT2D eigenvalue weighted by atomic mass is 79.9. The lowest BCUT2D eigenvalue weighted by atomic mass is 9.93. The number of aromatic nitrogens is 1. The molecule has 1 unspecified atom stereocenters. The molecule has 3 nitrogen and oxygen atoms in total. The van der Waals surface area contributed by atoms with Crippen LogP contribution in [0.2, 0.25) is 0 Å². The van der Waals surface area contributed by atoms with Crippen LogP contribution in [0.1, 0.15) is 18.9 Å². The fraction of sp³-hybridized carbons (Fsp3) is 0.333. The smallest absolute Gasteiger partial charge is 0.0909 e. The molecule has 0 aliphatic heterocycles. The molecule has 23 heavy (non-hydrogen) atoms. The van der Waals surface area contributed by atoms with E-state index in [-0.39, 0.29) is 18.4 Å². The maximum absolute atomic E-state index is 10.7. The molecule has 1 aromatic carbocycles. The summed E-state index contributed by atoms with van der Waals surface area (Å²) in [5, 5.41) is 15.0. The number of hydrogen-bond donors (Lipinski definition) is 2. The van der Waals surface area contributed by atoms with Crippen LogP contribution in [0.5, 0.6) is 0 Å². The van der Waals surface area contributed by atoms with Crippen LogP contribution in [0, 0.1) is 0 Å². The van der Waals surface area contributed by atoms with Crippen molar-refractivity contribution in [1.82, 2.24) is 9.88 Å². The SMILES string of the molecule is CNCC(O)[C@H](C1=CC=CCC1)n1ccc2c(Br)cccc21.Cl. The molecule has 0 amide bonds. The number of aliphatic hydroxyl groups is 1. The quantitative estimate of drug-likeness (QED) is 0.792. The highest BCUT2D eigenvalue weighted by Gasteiger charge is 2.25. The minimum absolute atomic E-state index is 0. The van der Waals surface area contributed by atoms with E-state index >= 15 is 0 Å². The number of halogens is 2. The summed E-state index contributed by atoms with van der Waals surface area (Å²) in [6, 6.07) is 8.27. The molecule has 1 aliphatic carbocycles. The molecule has 124 valence electrons. The van der Waals surface area contributed by atoms with Crippen LogP contribution in [-0.4, -0.2) is 29.4 Å². The standard InChI is InChI=1S/C18H21BrN2O.ClH/c1-20-12-17(22)18(13-6-3-2-4-7-13)21-11-10-14-15(19)8-5-9-16(14)21;/h2-3,5-6,8-11,17-18,20,22H,4,7,12H2,1H3;1H/t17?,18-;/m0./s1. The molecule has 1 aliphatic rings. The van der Waals surface area contributed by atoms with E-state index in [0.717, 1.165) is 22.8 Å². The Labute approximate surface area is 151 Å². The molecule has 3 rings (SSSR count). The lowest BCUT2D eigenvalue weighted by Gasteiger charge is -2.29. The van der Waals surface area contributed by atoms with Crippen LogP contribution in [-0.2, 0) is 0 Å². The highest BCUT2D eigenvalue weighted by Crippen LogP contribution is 2.33. The van der Waals surface area contributed by atoms with E-state index in [1.807, 2.05) is 19.2 Å². The lowest BCUT2D eigenvalue weighted by Crippen LogP contribution is -2.34. The Morgan fingerprint density at radius 3 is 2.87 bits per heavy atom. The minimum Gasteiger partial charge on any atom is -0.389 e. The minimum atomic E-state index is -0.461. The summed E-state index contributed by atoms with van der Waals surface area (Å²) in [6.07, 6.45) is 10.1. The third-order valence-corrected chi connectivity index (χ3v) is 4.90. The first-order valence-electron chi connectivity index (χ1n) is 7.65. The number of likely N-dealkylation sites (N-methyl/N-ethyl adjacent to an activating group) is 1. The van der Waals surface area contributed by atoms with E-state index in [4.69, 9.17) is 0 Å². The van der Waals surface area contributed by atoms with E-state index in [9.17, 15) is 5.11 Å². The molecule has 0 saturated heterocycles. The predicted molar refractivity (Wildman–Crippen MR) is 102 cm³/mol. The van der Waals surface area contributed by atoms with Crippen molar-refractivity contribution in [3.63, 3.8) is 0 Å². The van der Waals surface area contributed by atoms with E-state index in [1.165, 1.54) is 11.0 Å². The number of fused-ring (bicyclic) bond motifs is 1. The van der Waals surface area contributed by atoms with Crippen LogP contribution >= 0.6 is 28.3 Å². The maximum Gasteiger partial charge on any atom is 0.0909 e. The first kappa shape index (κ1) is 18.3. The number of nitrogens with zero attached hydrogens (tertiary/aromatic N) is 1. The number of hydrogen-bond acceptors (Lipinski definition) is 2. The van der Waals surface area contributed by atoms with Crippen LogP contribution in [0.15, 0.2) is 58.7 Å². The Morgan fingerprint density at radius 1 is 1.35 bits per heavy atom. The molecule has 2 aromatic rings. The zero-order valence-corrected chi connectivity index (χ0v) is 15.5. The zero-order valence-electron chi connectivity index (χ0n) is 13.1. The second-order valence-corrected chi connectivity index (χ2v) is 6.53. The Kier molecular flexibility index (Phi) is 6.48. The summed E-state index contributed by atoms with van der Waals surface area (Å²) >= 11 is 3.61. The summed E-state index contributed by atoms with van der Waals surface area (Å²) in [6.45, 7) is 0.569. The first-order chi connectivity index (χ1) is 10.7. The molecule has 2 N–H and O–H groups in total. The van der Waals surface area contributed by atoms with Crippen LogP contribution in [0.4, 0.5) is 0 Å². The van der Waals surface area contributed by atoms with Gasteiger partial charge in [-0.05, 0) is 43.7 Å². The van der Waals surface area contributed by atoms with Gasteiger partial charge in [0.1, 0.15) is 0 Å². The molecular formula is C18H22BrClN2O. The van der Waals surface area contributed by atoms with Gasteiger partial charge in [-0.2, -0.15) is 0 Å². The van der Waals surface area contributed by atoms with Crippen molar-refractivity contribution in [3.05, 3.63) is 58.7 Å². The van der Waals surface area contributed by atoms with Gasteiger partial charge < -0.3 is 15.0 Å². The van der Waals surface area contributed by atoms with Gasteiger partial charge in [0.2, 0.25) is 0 Å². The summed E-state index contributed by atoms with van der Waals surface area (Å²) in [5.41, 5.74) is 2.42. The van der Waals surface area contributed by atoms with Crippen LogP contribution in [0.25, 0.3) is 10.9 Å². The van der Waals surface area contributed by atoms with Crippen molar-refractivity contribution in [1.29, 1.82) is 0 Å². The second kappa shape index (κ2) is 8.15. The van der Waals surface area contributed by atoms with Crippen molar-refractivity contribution < 1.29 is 5.11 Å². The second-order valence-electron chi connectivity index (χ2n) is 5.67. The molecule has 0 fully saturated rings. The predicted octanol–water partition coefficient (Wildman–Crippen LogP) is 4.22. The van der Waals surface area contributed by atoms with Gasteiger partial charge in [0.25, 0.3) is 0 Å². The molecule has 1 aromatic heterocycles. The maximum atomic E-state index is 10.7. The zero-order chi connectivity index (χ0) is 15.5. The van der Waals surface area contributed by atoms with Gasteiger partial charge >= 0.3 is 0 Å². The van der Waals surface area contributed by atoms with Crippen molar-refractivity contribution in [2.24, 2.45) is 0 Å². The number of benzene rings is 1. The molecule has 5 heteroatoms. The summed E-state index contributed by atoms with van der Waals surface area (Å²) in [5.74, 6) is 0. The third-order valence-electron chi connectivity index (χ3n) is 4.21. The molecule has 0 spiro atoms. The van der Waals surface area contributed by atoms with Crippen LogP contribution < -0.4 is 5.32 Å². The average Bonchev–Trinajstić information content (AvgIpc) is 2.94. The number of nitrogens with one attached hydrogen (secondary N) is 1. The summed E-state index contributed by atoms with van der Waals surface area (Å²) in [4.78, 5) is 0. The summed E-state index contributed by atoms with van der Waals surface area (Å²) in [7, 11) is 1.87. The largest absolute Gasteiger partial charge is 0.389 e. The normalized spacial score (nSPS) is 16.7. The Balaban J connectivity index is 0.00000192. The van der Waals surface area contributed by atoms with Crippen molar-refractivity contribution in [3.8, 4) is 0 Å². The average molecular weight is 398 g/mol. The van der Waals surface area contributed by atoms with Crippen LogP contribution in [0.3, 0.4) is 0 Å². The lowest BCUT2D eigenvalue weighted by molar-refractivity contribution is 0.129. The molecule has 2 atom stereocenters. The Hall–Kier alpha value is -1.07. The molecule has 0 saturated carbocycles. The molecule has 0 radical (unpaired) electrons. The number of allylic oxidation sites excluding steroid dienone is 3. The van der Waals surface area contributed by atoms with Gasteiger partial charge in [0.05, 0.1) is 12.1 Å². The van der Waals surface area contributed by atoms with Gasteiger partial charge in [-0.1, -0.05) is 40.2 Å². The van der Waals surface area contributed by atoms with Gasteiger partial charge in [-0.15, -0.1) is 12.4 Å². The molecule has 1 heterocycles. The van der Waals surface area contributed by atoms with Crippen molar-refractivity contribution in [2.75, 3.05) is 13.6 Å². The van der Waals surface area contributed by atoms with Crippen molar-refractivity contribution in [2.45, 2.75) is 25.0 Å². The van der Waals surface area contributed by atoms with E-state index in [2.05, 4.69) is 62.4 Å². The van der Waals surface area contributed by atoms with E-state index < -0.39 is 6.10 Å². The Bertz CT molecular complexity index is 723. The van der Waals surface area contributed by atoms with Crippen molar-refractivity contribution >= 4 is 39.2 Å². The Morgan fingerprint density at radius 2 is 2.17 bits per heavy atom. The highest BCUT2D eigenvalue weighted by molar-refractivity contribution is 9.10. The van der Waals surface area contributed by atoms with Gasteiger partial charge in [0.15, 0.2) is 0 Å². The molecule has 0 bridgehead atoms. The van der Waals surface area contributed by atoms with Gasteiger partial charge in [-0.3, -0.25) is 0 Å². The fourth-order valence-corrected chi connectivity index (χ4v) is 3.68. The number of rotatable bonds is 5. The number of aliphatic hydroxyl groups excluding tert-OH is 1. The molecular weight excluding hydrogens is 376 g/mol. The van der Waals surface area contributed by atoms with Gasteiger partial charge in [-0.25, -0.2) is 0 Å². The van der Waals surface area contributed by atoms with E-state index in [0.29, 0.717) is 6.54 Å². The topological polar surface area (TPSA) is 37.2 Å².